The molecule has 1 rings (SSSR count). The van der Waals surface area contributed by atoms with Gasteiger partial charge in [0.15, 0.2) is 0 Å². The van der Waals surface area contributed by atoms with Gasteiger partial charge in [0.2, 0.25) is 0 Å². The first-order valence-corrected chi connectivity index (χ1v) is 7.71. The van der Waals surface area contributed by atoms with E-state index in [2.05, 4.69) is 27.9 Å². The van der Waals surface area contributed by atoms with E-state index in [-0.39, 0.29) is 17.9 Å². The Bertz CT molecular complexity index is 505. The largest absolute Gasteiger partial charge is 0.506 e. The average Bonchev–Trinajstić information content (AvgIpc) is 2.33. The summed E-state index contributed by atoms with van der Waals surface area (Å²) in [6.45, 7) is 1.79. The maximum absolute atomic E-state index is 11.9. The van der Waals surface area contributed by atoms with Crippen molar-refractivity contribution in [1.82, 2.24) is 5.32 Å². The summed E-state index contributed by atoms with van der Waals surface area (Å²) < 4.78 is 1.41. The van der Waals surface area contributed by atoms with Crippen LogP contribution in [0, 0.1) is 13.1 Å². The number of phenolic OH excluding ortho intramolecular Hbond substituents is 1. The first-order valence-electron chi connectivity index (χ1n) is 5.55. The number of hydrogen-bond acceptors (Lipinski definition) is 3. The van der Waals surface area contributed by atoms with Crippen LogP contribution in [0.1, 0.15) is 23.7 Å². The maximum Gasteiger partial charge on any atom is 0.308 e. The van der Waals surface area contributed by atoms with Gasteiger partial charge < -0.3 is 15.5 Å². The first-order chi connectivity index (χ1) is 8.86. The van der Waals surface area contributed by atoms with Crippen LogP contribution in [0.25, 0.3) is 0 Å². The highest BCUT2D eigenvalue weighted by atomic mass is 127. The molecule has 1 atom stereocenters. The van der Waals surface area contributed by atoms with Crippen LogP contribution in [0.4, 0.5) is 0 Å². The van der Waals surface area contributed by atoms with Crippen molar-refractivity contribution in [1.29, 1.82) is 0 Å². The van der Waals surface area contributed by atoms with Crippen molar-refractivity contribution in [3.8, 4) is 5.75 Å². The van der Waals surface area contributed by atoms with E-state index in [0.717, 1.165) is 3.57 Å². The van der Waals surface area contributed by atoms with Gasteiger partial charge in [-0.2, -0.15) is 0 Å². The molecular formula is C12H13I2NO4. The Kier molecular flexibility index (Phi) is 6.30. The van der Waals surface area contributed by atoms with Crippen LogP contribution in [0.2, 0.25) is 0 Å². The van der Waals surface area contributed by atoms with E-state index in [9.17, 15) is 14.7 Å². The maximum atomic E-state index is 11.9. The monoisotopic (exact) mass is 489 g/mol. The molecule has 7 heteroatoms. The summed E-state index contributed by atoms with van der Waals surface area (Å²) >= 11 is 3.99. The van der Waals surface area contributed by atoms with Crippen molar-refractivity contribution in [2.24, 2.45) is 5.92 Å². The minimum atomic E-state index is -0.941. The van der Waals surface area contributed by atoms with Crippen molar-refractivity contribution in [2.45, 2.75) is 13.3 Å². The highest BCUT2D eigenvalue weighted by molar-refractivity contribution is 14.1. The molecule has 0 heterocycles. The van der Waals surface area contributed by atoms with Crippen molar-refractivity contribution >= 4 is 57.1 Å². The lowest BCUT2D eigenvalue weighted by molar-refractivity contribution is -0.141. The van der Waals surface area contributed by atoms with Crippen LogP contribution >= 0.6 is 45.2 Å². The normalized spacial score (nSPS) is 11.9. The quantitative estimate of drug-likeness (QED) is 0.556. The third-order valence-electron chi connectivity index (χ3n) is 2.62. The lowest BCUT2D eigenvalue weighted by Gasteiger charge is -2.12. The van der Waals surface area contributed by atoms with Gasteiger partial charge in [0.25, 0.3) is 5.91 Å². The van der Waals surface area contributed by atoms with Gasteiger partial charge in [0, 0.05) is 10.1 Å². The number of carbonyl (C=O) groups excluding carboxylic acids is 1. The van der Waals surface area contributed by atoms with Crippen LogP contribution in [0.5, 0.6) is 5.75 Å². The van der Waals surface area contributed by atoms with Crippen molar-refractivity contribution in [3.63, 3.8) is 0 Å². The average molecular weight is 489 g/mol. The fourth-order valence-electron chi connectivity index (χ4n) is 1.46. The molecule has 0 aliphatic carbocycles. The number of halogens is 2. The number of rotatable bonds is 5. The first kappa shape index (κ1) is 16.5. The number of amides is 1. The third kappa shape index (κ3) is 4.48. The Morgan fingerprint density at radius 3 is 2.53 bits per heavy atom. The van der Waals surface area contributed by atoms with Crippen LogP contribution in [0.15, 0.2) is 12.1 Å². The predicted octanol–water partition coefficient (Wildman–Crippen LogP) is 2.44. The zero-order valence-corrected chi connectivity index (χ0v) is 14.4. The van der Waals surface area contributed by atoms with Crippen LogP contribution in [-0.2, 0) is 4.79 Å². The Hall–Kier alpha value is -0.580. The van der Waals surface area contributed by atoms with Crippen LogP contribution < -0.4 is 5.32 Å². The number of phenols is 1. The van der Waals surface area contributed by atoms with E-state index in [1.54, 1.807) is 19.1 Å². The molecule has 1 amide bonds. The van der Waals surface area contributed by atoms with E-state index < -0.39 is 17.8 Å². The highest BCUT2D eigenvalue weighted by Gasteiger charge is 2.19. The molecule has 0 bridgehead atoms. The van der Waals surface area contributed by atoms with E-state index in [4.69, 9.17) is 5.11 Å². The Morgan fingerprint density at radius 1 is 1.37 bits per heavy atom. The summed E-state index contributed by atoms with van der Waals surface area (Å²) in [5.74, 6) is -2.10. The molecule has 5 nitrogen and oxygen atoms in total. The highest BCUT2D eigenvalue weighted by Crippen LogP contribution is 2.26. The molecule has 104 valence electrons. The molecule has 0 aliphatic heterocycles. The zero-order chi connectivity index (χ0) is 14.6. The molecule has 0 spiro atoms. The fourth-order valence-corrected chi connectivity index (χ4v) is 3.30. The van der Waals surface area contributed by atoms with Crippen molar-refractivity contribution in [3.05, 3.63) is 24.8 Å². The van der Waals surface area contributed by atoms with Gasteiger partial charge >= 0.3 is 5.97 Å². The van der Waals surface area contributed by atoms with Crippen LogP contribution in [-0.4, -0.2) is 28.6 Å². The second-order valence-corrected chi connectivity index (χ2v) is 6.35. The number of nitrogens with one attached hydrogen (secondary N) is 1. The molecule has 0 saturated heterocycles. The van der Waals surface area contributed by atoms with E-state index >= 15 is 0 Å². The second-order valence-electron chi connectivity index (χ2n) is 3.94. The SMILES string of the molecule is CCC(CNC(=O)c1cc(I)cc(I)c1O)C(=O)O. The standard InChI is InChI=1S/C12H13I2NO4/c1-2-6(12(18)19)5-15-11(17)8-3-7(13)4-9(14)10(8)16/h3-4,6,16H,2,5H2,1H3,(H,15,17)(H,18,19). The second kappa shape index (κ2) is 7.27. The summed E-state index contributed by atoms with van der Waals surface area (Å²) in [6.07, 6.45) is 0.436. The molecule has 0 saturated carbocycles. The third-order valence-corrected chi connectivity index (χ3v) is 4.07. The van der Waals surface area contributed by atoms with Crippen molar-refractivity contribution in [2.75, 3.05) is 6.54 Å². The van der Waals surface area contributed by atoms with Gasteiger partial charge in [-0.3, -0.25) is 9.59 Å². The summed E-state index contributed by atoms with van der Waals surface area (Å²) in [5, 5.41) is 21.3. The molecule has 19 heavy (non-hydrogen) atoms. The van der Waals surface area contributed by atoms with Crippen molar-refractivity contribution < 1.29 is 19.8 Å². The molecule has 0 radical (unpaired) electrons. The summed E-state index contributed by atoms with van der Waals surface area (Å²) in [5.41, 5.74) is 0.163. The minimum absolute atomic E-state index is 0.0478. The molecule has 0 fully saturated rings. The zero-order valence-electron chi connectivity index (χ0n) is 10.1. The number of hydrogen-bond donors (Lipinski definition) is 3. The Balaban J connectivity index is 2.82. The van der Waals surface area contributed by atoms with Gasteiger partial charge in [-0.05, 0) is 63.7 Å². The van der Waals surface area contributed by atoms with Gasteiger partial charge in [-0.1, -0.05) is 6.92 Å². The van der Waals surface area contributed by atoms with Gasteiger partial charge in [-0.15, -0.1) is 0 Å². The number of aromatic hydroxyl groups is 1. The lowest BCUT2D eigenvalue weighted by atomic mass is 10.1. The van der Waals surface area contributed by atoms with Gasteiger partial charge in [0.05, 0.1) is 15.1 Å². The minimum Gasteiger partial charge on any atom is -0.506 e. The molecule has 0 aliphatic rings. The molecule has 3 N–H and O–H groups in total. The molecule has 1 unspecified atom stereocenters. The topological polar surface area (TPSA) is 86.6 Å². The molecule has 1 aromatic carbocycles. The fraction of sp³-hybridized carbons (Fsp3) is 0.333. The van der Waals surface area contributed by atoms with E-state index in [1.807, 2.05) is 22.6 Å². The van der Waals surface area contributed by atoms with E-state index in [1.165, 1.54) is 0 Å². The summed E-state index contributed by atoms with van der Waals surface area (Å²) in [4.78, 5) is 22.8. The van der Waals surface area contributed by atoms with Gasteiger partial charge in [-0.25, -0.2) is 0 Å². The number of aliphatic carboxylic acids is 1. The van der Waals surface area contributed by atoms with E-state index in [0.29, 0.717) is 9.99 Å². The number of carboxylic acid groups (broad SMARTS) is 1. The summed E-state index contributed by atoms with van der Waals surface area (Å²) in [7, 11) is 0. The molecule has 0 aromatic heterocycles. The number of carboxylic acids is 1. The predicted molar refractivity (Wildman–Crippen MR) is 87.3 cm³/mol. The molecule has 1 aromatic rings. The summed E-state index contributed by atoms with van der Waals surface area (Å²) in [6, 6.07) is 3.31. The van der Waals surface area contributed by atoms with Crippen LogP contribution in [0.3, 0.4) is 0 Å². The smallest absolute Gasteiger partial charge is 0.308 e. The van der Waals surface area contributed by atoms with Gasteiger partial charge in [0.1, 0.15) is 5.75 Å². The molecular weight excluding hydrogens is 476 g/mol. The Morgan fingerprint density at radius 2 is 2.00 bits per heavy atom. The number of carbonyl (C=O) groups is 2. The number of benzene rings is 1. The Labute approximate surface area is 138 Å². The lowest BCUT2D eigenvalue weighted by Crippen LogP contribution is -2.32.